The van der Waals surface area contributed by atoms with Crippen LogP contribution in [0.3, 0.4) is 0 Å². The van der Waals surface area contributed by atoms with E-state index in [2.05, 4.69) is 21.0 Å². The van der Waals surface area contributed by atoms with Gasteiger partial charge in [0.2, 0.25) is 0 Å². The third-order valence-electron chi connectivity index (χ3n) is 2.15. The highest BCUT2D eigenvalue weighted by Gasteiger charge is 2.06. The standard InChI is InChI=1S/C10H8BrCl2N3/c11-7-4-15-16(10(7)14)5-6-1-2-8(12)9(13)3-6/h1-4H,5,14H2. The van der Waals surface area contributed by atoms with Crippen LogP contribution in [0, 0.1) is 0 Å². The molecule has 0 aliphatic carbocycles. The molecule has 2 rings (SSSR count). The van der Waals surface area contributed by atoms with Crippen molar-refractivity contribution in [3.8, 4) is 0 Å². The van der Waals surface area contributed by atoms with Crippen molar-refractivity contribution < 1.29 is 0 Å². The maximum atomic E-state index is 5.92. The Morgan fingerprint density at radius 2 is 2.06 bits per heavy atom. The summed E-state index contributed by atoms with van der Waals surface area (Å²) in [6.45, 7) is 0.564. The molecule has 0 aliphatic heterocycles. The Labute approximate surface area is 111 Å². The number of halogens is 3. The topological polar surface area (TPSA) is 43.8 Å². The smallest absolute Gasteiger partial charge is 0.136 e. The summed E-state index contributed by atoms with van der Waals surface area (Å²) in [6, 6.07) is 5.45. The summed E-state index contributed by atoms with van der Waals surface area (Å²) in [7, 11) is 0. The van der Waals surface area contributed by atoms with E-state index in [0.717, 1.165) is 10.0 Å². The van der Waals surface area contributed by atoms with Crippen molar-refractivity contribution in [2.75, 3.05) is 5.73 Å². The number of nitrogen functional groups attached to an aromatic ring is 1. The van der Waals surface area contributed by atoms with Gasteiger partial charge in [0.25, 0.3) is 0 Å². The van der Waals surface area contributed by atoms with E-state index >= 15 is 0 Å². The largest absolute Gasteiger partial charge is 0.383 e. The first-order valence-corrected chi connectivity index (χ1v) is 6.03. The Bertz CT molecular complexity index is 525. The Kier molecular flexibility index (Phi) is 3.42. The fourth-order valence-electron chi connectivity index (χ4n) is 1.31. The fourth-order valence-corrected chi connectivity index (χ4v) is 1.93. The zero-order chi connectivity index (χ0) is 11.7. The van der Waals surface area contributed by atoms with E-state index in [1.54, 1.807) is 23.0 Å². The highest BCUT2D eigenvalue weighted by molar-refractivity contribution is 9.10. The van der Waals surface area contributed by atoms with Crippen molar-refractivity contribution in [3.63, 3.8) is 0 Å². The van der Waals surface area contributed by atoms with Gasteiger partial charge in [0.1, 0.15) is 5.82 Å². The zero-order valence-corrected chi connectivity index (χ0v) is 11.2. The minimum Gasteiger partial charge on any atom is -0.383 e. The molecule has 1 aromatic carbocycles. The van der Waals surface area contributed by atoms with Gasteiger partial charge in [0.15, 0.2) is 0 Å². The van der Waals surface area contributed by atoms with Crippen LogP contribution >= 0.6 is 39.1 Å². The van der Waals surface area contributed by atoms with Crippen molar-refractivity contribution in [1.29, 1.82) is 0 Å². The zero-order valence-electron chi connectivity index (χ0n) is 8.12. The summed E-state index contributed by atoms with van der Waals surface area (Å²) in [4.78, 5) is 0. The van der Waals surface area contributed by atoms with Gasteiger partial charge in [-0.25, -0.2) is 4.68 Å². The van der Waals surface area contributed by atoms with Gasteiger partial charge in [0.05, 0.1) is 27.3 Å². The Morgan fingerprint density at radius 3 is 2.62 bits per heavy atom. The third kappa shape index (κ3) is 2.34. The number of hydrogen-bond donors (Lipinski definition) is 1. The van der Waals surface area contributed by atoms with Crippen molar-refractivity contribution in [1.82, 2.24) is 9.78 Å². The average Bonchev–Trinajstić information content (AvgIpc) is 2.55. The van der Waals surface area contributed by atoms with Crippen LogP contribution < -0.4 is 5.73 Å². The molecule has 0 fully saturated rings. The lowest BCUT2D eigenvalue weighted by molar-refractivity contribution is 0.697. The first-order chi connectivity index (χ1) is 7.58. The molecule has 2 aromatic rings. The average molecular weight is 321 g/mol. The monoisotopic (exact) mass is 319 g/mol. The Balaban J connectivity index is 2.27. The molecule has 0 saturated heterocycles. The fraction of sp³-hybridized carbons (Fsp3) is 0.100. The molecular weight excluding hydrogens is 313 g/mol. The molecule has 16 heavy (non-hydrogen) atoms. The van der Waals surface area contributed by atoms with E-state index in [9.17, 15) is 0 Å². The third-order valence-corrected chi connectivity index (χ3v) is 3.50. The van der Waals surface area contributed by atoms with Gasteiger partial charge in [-0.2, -0.15) is 5.10 Å². The van der Waals surface area contributed by atoms with E-state index in [1.807, 2.05) is 6.07 Å². The van der Waals surface area contributed by atoms with Gasteiger partial charge in [-0.05, 0) is 33.6 Å². The van der Waals surface area contributed by atoms with Crippen LogP contribution in [0.1, 0.15) is 5.56 Å². The van der Waals surface area contributed by atoms with Crippen molar-refractivity contribution in [2.45, 2.75) is 6.54 Å². The predicted octanol–water partition coefficient (Wildman–Crippen LogP) is 3.58. The molecule has 0 atom stereocenters. The molecule has 6 heteroatoms. The van der Waals surface area contributed by atoms with Gasteiger partial charge in [-0.3, -0.25) is 0 Å². The van der Waals surface area contributed by atoms with Gasteiger partial charge in [-0.15, -0.1) is 0 Å². The predicted molar refractivity (Wildman–Crippen MR) is 69.9 cm³/mol. The second kappa shape index (κ2) is 4.65. The Hall–Kier alpha value is -0.710. The lowest BCUT2D eigenvalue weighted by atomic mass is 10.2. The molecular formula is C10H8BrCl2N3. The number of nitrogens with two attached hydrogens (primary N) is 1. The molecule has 0 radical (unpaired) electrons. The molecule has 0 aliphatic rings. The molecule has 1 aromatic heterocycles. The second-order valence-corrected chi connectivity index (χ2v) is 4.95. The second-order valence-electron chi connectivity index (χ2n) is 3.28. The van der Waals surface area contributed by atoms with Crippen molar-refractivity contribution in [3.05, 3.63) is 44.5 Å². The number of hydrogen-bond acceptors (Lipinski definition) is 2. The van der Waals surface area contributed by atoms with Crippen LogP contribution in [0.25, 0.3) is 0 Å². The summed E-state index contributed by atoms with van der Waals surface area (Å²) >= 11 is 15.1. The molecule has 0 unspecified atom stereocenters. The van der Waals surface area contributed by atoms with Gasteiger partial charge >= 0.3 is 0 Å². The number of rotatable bonds is 2. The summed E-state index contributed by atoms with van der Waals surface area (Å²) in [5.74, 6) is 0.589. The van der Waals surface area contributed by atoms with Crippen molar-refractivity contribution >= 4 is 44.9 Å². The normalized spacial score (nSPS) is 10.7. The minimum atomic E-state index is 0.531. The molecule has 0 amide bonds. The van der Waals surface area contributed by atoms with Crippen LogP contribution in [-0.4, -0.2) is 9.78 Å². The quantitative estimate of drug-likeness (QED) is 0.919. The van der Waals surface area contributed by atoms with Gasteiger partial charge in [-0.1, -0.05) is 29.3 Å². The lowest BCUT2D eigenvalue weighted by Gasteiger charge is -2.05. The van der Waals surface area contributed by atoms with E-state index in [-0.39, 0.29) is 0 Å². The molecule has 3 nitrogen and oxygen atoms in total. The highest BCUT2D eigenvalue weighted by atomic mass is 79.9. The van der Waals surface area contributed by atoms with E-state index in [1.165, 1.54) is 0 Å². The first-order valence-electron chi connectivity index (χ1n) is 4.48. The van der Waals surface area contributed by atoms with Gasteiger partial charge in [0, 0.05) is 0 Å². The molecule has 0 bridgehead atoms. The number of anilines is 1. The van der Waals surface area contributed by atoms with Crippen LogP contribution in [0.2, 0.25) is 10.0 Å². The molecule has 1 heterocycles. The maximum absolute atomic E-state index is 5.92. The van der Waals surface area contributed by atoms with Crippen LogP contribution in [0.15, 0.2) is 28.9 Å². The minimum absolute atomic E-state index is 0.531. The summed E-state index contributed by atoms with van der Waals surface area (Å²) in [5, 5.41) is 5.20. The first kappa shape index (κ1) is 11.8. The van der Waals surface area contributed by atoms with Crippen LogP contribution in [0.5, 0.6) is 0 Å². The maximum Gasteiger partial charge on any atom is 0.136 e. The van der Waals surface area contributed by atoms with E-state index in [4.69, 9.17) is 28.9 Å². The summed E-state index contributed by atoms with van der Waals surface area (Å²) < 4.78 is 2.47. The number of benzene rings is 1. The van der Waals surface area contributed by atoms with Crippen molar-refractivity contribution in [2.24, 2.45) is 0 Å². The van der Waals surface area contributed by atoms with Crippen LogP contribution in [0.4, 0.5) is 5.82 Å². The molecule has 0 saturated carbocycles. The number of nitrogens with zero attached hydrogens (tertiary/aromatic N) is 2. The summed E-state index contributed by atoms with van der Waals surface area (Å²) in [5.41, 5.74) is 6.81. The van der Waals surface area contributed by atoms with E-state index < -0.39 is 0 Å². The lowest BCUT2D eigenvalue weighted by Crippen LogP contribution is -2.05. The van der Waals surface area contributed by atoms with E-state index in [0.29, 0.717) is 22.4 Å². The van der Waals surface area contributed by atoms with Crippen LogP contribution in [-0.2, 0) is 6.54 Å². The number of aromatic nitrogens is 2. The highest BCUT2D eigenvalue weighted by Crippen LogP contribution is 2.24. The van der Waals surface area contributed by atoms with Gasteiger partial charge < -0.3 is 5.73 Å². The molecule has 84 valence electrons. The molecule has 0 spiro atoms. The SMILES string of the molecule is Nc1c(Br)cnn1Cc1ccc(Cl)c(Cl)c1. The Morgan fingerprint density at radius 1 is 1.31 bits per heavy atom. The summed E-state index contributed by atoms with van der Waals surface area (Å²) in [6.07, 6.45) is 1.66. The molecule has 2 N–H and O–H groups in total.